The third-order valence-corrected chi connectivity index (χ3v) is 3.90. The van der Waals surface area contributed by atoms with Crippen molar-refractivity contribution in [3.05, 3.63) is 83.8 Å². The molecule has 0 spiro atoms. The predicted molar refractivity (Wildman–Crippen MR) is 96.5 cm³/mol. The number of hydrogen-bond donors (Lipinski definition) is 0. The smallest absolute Gasteiger partial charge is 0.438 e. The number of alkyl halides is 3. The van der Waals surface area contributed by atoms with E-state index in [4.69, 9.17) is 4.74 Å². The molecule has 2 aromatic carbocycles. The largest absolute Gasteiger partial charge is 0.573 e. The van der Waals surface area contributed by atoms with E-state index in [1.54, 1.807) is 12.1 Å². The minimum absolute atomic E-state index is 0.0954. The zero-order valence-electron chi connectivity index (χ0n) is 14.9. The molecule has 8 heteroatoms. The number of Topliss-reactive ketones (excluding diaryl/α,β-unsaturated/α-hetero) is 1. The normalized spacial score (nSPS) is 11.2. The summed E-state index contributed by atoms with van der Waals surface area (Å²) in [6.07, 6.45) is -2.87. The summed E-state index contributed by atoms with van der Waals surface area (Å²) in [5, 5.41) is 0. The highest BCUT2D eigenvalue weighted by molar-refractivity contribution is 5.98. The van der Waals surface area contributed by atoms with Crippen LogP contribution >= 0.6 is 0 Å². The Morgan fingerprint density at radius 3 is 2.24 bits per heavy atom. The number of halogens is 4. The van der Waals surface area contributed by atoms with Crippen LogP contribution in [0, 0.1) is 5.82 Å². The SMILES string of the molecule is O=C(CCc1ccc(OC(F)(F)F)cc1)c1cccnc1Oc1ccc(F)cc1. The van der Waals surface area contributed by atoms with Crippen molar-refractivity contribution in [1.82, 2.24) is 4.98 Å². The molecule has 0 bridgehead atoms. The quantitative estimate of drug-likeness (QED) is 0.372. The minimum atomic E-state index is -4.75. The Hall–Kier alpha value is -3.42. The summed E-state index contributed by atoms with van der Waals surface area (Å²) in [5.41, 5.74) is 0.937. The van der Waals surface area contributed by atoms with Crippen LogP contribution in [0.2, 0.25) is 0 Å². The third kappa shape index (κ3) is 6.03. The molecule has 0 saturated carbocycles. The van der Waals surface area contributed by atoms with Crippen molar-refractivity contribution in [2.75, 3.05) is 0 Å². The van der Waals surface area contributed by atoms with E-state index in [0.717, 1.165) is 0 Å². The fraction of sp³-hybridized carbons (Fsp3) is 0.143. The molecule has 0 unspecified atom stereocenters. The van der Waals surface area contributed by atoms with E-state index in [0.29, 0.717) is 17.7 Å². The van der Waals surface area contributed by atoms with Crippen molar-refractivity contribution < 1.29 is 31.8 Å². The number of nitrogens with zero attached hydrogens (tertiary/aromatic N) is 1. The van der Waals surface area contributed by atoms with Crippen LogP contribution in [0.3, 0.4) is 0 Å². The predicted octanol–water partition coefficient (Wildman–Crippen LogP) is 5.73. The van der Waals surface area contributed by atoms with E-state index in [9.17, 15) is 22.4 Å². The second-order valence-electron chi connectivity index (χ2n) is 6.03. The van der Waals surface area contributed by atoms with Crippen LogP contribution in [-0.2, 0) is 6.42 Å². The van der Waals surface area contributed by atoms with Gasteiger partial charge in [0.2, 0.25) is 5.88 Å². The molecule has 1 aromatic heterocycles. The number of ether oxygens (including phenoxy) is 2. The summed E-state index contributed by atoms with van der Waals surface area (Å²) in [4.78, 5) is 16.6. The first-order valence-electron chi connectivity index (χ1n) is 8.56. The molecule has 1 heterocycles. The van der Waals surface area contributed by atoms with Gasteiger partial charge in [0.15, 0.2) is 5.78 Å². The zero-order chi connectivity index (χ0) is 20.9. The van der Waals surface area contributed by atoms with Gasteiger partial charge in [-0.1, -0.05) is 12.1 Å². The molecule has 0 aliphatic heterocycles. The van der Waals surface area contributed by atoms with E-state index < -0.39 is 12.2 Å². The number of rotatable bonds is 7. The van der Waals surface area contributed by atoms with Crippen LogP contribution in [0.4, 0.5) is 17.6 Å². The number of pyridine rings is 1. The molecule has 0 atom stereocenters. The maximum absolute atomic E-state index is 13.0. The summed E-state index contributed by atoms with van der Waals surface area (Å²) in [7, 11) is 0. The van der Waals surface area contributed by atoms with E-state index in [-0.39, 0.29) is 29.4 Å². The van der Waals surface area contributed by atoms with Gasteiger partial charge in [-0.2, -0.15) is 0 Å². The highest BCUT2D eigenvalue weighted by atomic mass is 19.4. The van der Waals surface area contributed by atoms with Gasteiger partial charge in [-0.15, -0.1) is 13.2 Å². The lowest BCUT2D eigenvalue weighted by Crippen LogP contribution is -2.17. The molecule has 0 aliphatic carbocycles. The summed E-state index contributed by atoms with van der Waals surface area (Å²) >= 11 is 0. The van der Waals surface area contributed by atoms with Crippen LogP contribution in [0.5, 0.6) is 17.4 Å². The fourth-order valence-electron chi connectivity index (χ4n) is 2.55. The van der Waals surface area contributed by atoms with Crippen LogP contribution in [0.25, 0.3) is 0 Å². The standard InChI is InChI=1S/C21H15F4NO3/c22-15-6-10-16(11-7-15)28-20-18(2-1-13-26-20)19(27)12-5-14-3-8-17(9-4-14)29-21(23,24)25/h1-4,6-11,13H,5,12H2. The second-order valence-corrected chi connectivity index (χ2v) is 6.03. The Morgan fingerprint density at radius 1 is 0.931 bits per heavy atom. The van der Waals surface area contributed by atoms with Crippen molar-refractivity contribution in [2.45, 2.75) is 19.2 Å². The molecule has 0 saturated heterocycles. The van der Waals surface area contributed by atoms with E-state index in [1.165, 1.54) is 54.7 Å². The van der Waals surface area contributed by atoms with Gasteiger partial charge in [-0.05, 0) is 60.5 Å². The lowest BCUT2D eigenvalue weighted by atomic mass is 10.0. The second kappa shape index (κ2) is 8.72. The molecule has 29 heavy (non-hydrogen) atoms. The molecular formula is C21H15F4NO3. The molecule has 0 N–H and O–H groups in total. The monoisotopic (exact) mass is 405 g/mol. The highest BCUT2D eigenvalue weighted by Crippen LogP contribution is 2.26. The Morgan fingerprint density at radius 2 is 1.59 bits per heavy atom. The number of carbonyl (C=O) groups excluding carboxylic acids is 1. The van der Waals surface area contributed by atoms with E-state index in [1.807, 2.05) is 0 Å². The number of hydrogen-bond acceptors (Lipinski definition) is 4. The summed E-state index contributed by atoms with van der Waals surface area (Å²) < 4.78 is 59.0. The first-order valence-corrected chi connectivity index (χ1v) is 8.56. The fourth-order valence-corrected chi connectivity index (χ4v) is 2.55. The Bertz CT molecular complexity index is 970. The molecule has 3 rings (SSSR count). The van der Waals surface area contributed by atoms with Gasteiger partial charge < -0.3 is 9.47 Å². The van der Waals surface area contributed by atoms with Crippen molar-refractivity contribution in [1.29, 1.82) is 0 Å². The molecule has 4 nitrogen and oxygen atoms in total. The number of carbonyl (C=O) groups is 1. The molecule has 0 aliphatic rings. The number of benzene rings is 2. The summed E-state index contributed by atoms with van der Waals surface area (Å²) in [5.74, 6) is -0.556. The third-order valence-electron chi connectivity index (χ3n) is 3.90. The molecule has 0 radical (unpaired) electrons. The van der Waals surface area contributed by atoms with Gasteiger partial charge in [0.25, 0.3) is 0 Å². The van der Waals surface area contributed by atoms with Gasteiger partial charge in [0, 0.05) is 12.6 Å². The maximum atomic E-state index is 13.0. The average Bonchev–Trinajstić information content (AvgIpc) is 2.68. The first kappa shape index (κ1) is 20.3. The van der Waals surface area contributed by atoms with Crippen molar-refractivity contribution in [3.63, 3.8) is 0 Å². The van der Waals surface area contributed by atoms with Crippen molar-refractivity contribution in [2.24, 2.45) is 0 Å². The number of ketones is 1. The van der Waals surface area contributed by atoms with Crippen LogP contribution < -0.4 is 9.47 Å². The van der Waals surface area contributed by atoms with Crippen molar-refractivity contribution >= 4 is 5.78 Å². The maximum Gasteiger partial charge on any atom is 0.573 e. The zero-order valence-corrected chi connectivity index (χ0v) is 14.9. The van der Waals surface area contributed by atoms with Gasteiger partial charge in [0.05, 0.1) is 5.56 Å². The van der Waals surface area contributed by atoms with E-state index >= 15 is 0 Å². The van der Waals surface area contributed by atoms with Crippen LogP contribution in [0.1, 0.15) is 22.3 Å². The molecule has 0 fully saturated rings. The van der Waals surface area contributed by atoms with Crippen LogP contribution in [-0.4, -0.2) is 17.1 Å². The lowest BCUT2D eigenvalue weighted by Gasteiger charge is -2.10. The van der Waals surface area contributed by atoms with Gasteiger partial charge in [-0.3, -0.25) is 4.79 Å². The lowest BCUT2D eigenvalue weighted by molar-refractivity contribution is -0.274. The molecule has 0 amide bonds. The Labute approximate surface area is 163 Å². The summed E-state index contributed by atoms with van der Waals surface area (Å²) in [6.45, 7) is 0. The van der Waals surface area contributed by atoms with Crippen LogP contribution in [0.15, 0.2) is 66.9 Å². The van der Waals surface area contributed by atoms with Gasteiger partial charge in [0.1, 0.15) is 17.3 Å². The topological polar surface area (TPSA) is 48.4 Å². The number of aromatic nitrogens is 1. The average molecular weight is 405 g/mol. The van der Waals surface area contributed by atoms with Gasteiger partial charge >= 0.3 is 6.36 Å². The van der Waals surface area contributed by atoms with E-state index in [2.05, 4.69) is 9.72 Å². The highest BCUT2D eigenvalue weighted by Gasteiger charge is 2.30. The summed E-state index contributed by atoms with van der Waals surface area (Å²) in [6, 6.07) is 13.8. The first-order chi connectivity index (χ1) is 13.8. The molecule has 150 valence electrons. The number of aryl methyl sites for hydroxylation is 1. The van der Waals surface area contributed by atoms with Gasteiger partial charge in [-0.25, -0.2) is 9.37 Å². The minimum Gasteiger partial charge on any atom is -0.438 e. The molecule has 3 aromatic rings. The Balaban J connectivity index is 1.64. The molecular weight excluding hydrogens is 390 g/mol. The Kier molecular flexibility index (Phi) is 6.11. The van der Waals surface area contributed by atoms with Crippen molar-refractivity contribution in [3.8, 4) is 17.4 Å².